The van der Waals surface area contributed by atoms with Gasteiger partial charge in [0.15, 0.2) is 0 Å². The van der Waals surface area contributed by atoms with Crippen molar-refractivity contribution in [2.24, 2.45) is 5.73 Å². The second kappa shape index (κ2) is 6.84. The number of thiophene rings is 1. The number of fused-ring (bicyclic) bond motifs is 1. The van der Waals surface area contributed by atoms with Crippen LogP contribution in [0.25, 0.3) is 10.1 Å². The number of hydrogen-bond acceptors (Lipinski definition) is 3. The van der Waals surface area contributed by atoms with Crippen molar-refractivity contribution in [3.63, 3.8) is 0 Å². The number of nitrogens with two attached hydrogens (primary N) is 1. The quantitative estimate of drug-likeness (QED) is 0.754. The summed E-state index contributed by atoms with van der Waals surface area (Å²) in [5.41, 5.74) is 6.54. The summed E-state index contributed by atoms with van der Waals surface area (Å²) in [5, 5.41) is 9.70. The molecule has 0 bridgehead atoms. The zero-order valence-corrected chi connectivity index (χ0v) is 11.6. The molecule has 0 saturated carbocycles. The van der Waals surface area contributed by atoms with Crippen molar-refractivity contribution in [3.05, 3.63) is 71.1 Å². The van der Waals surface area contributed by atoms with Gasteiger partial charge in [0.05, 0.1) is 0 Å². The summed E-state index contributed by atoms with van der Waals surface area (Å²) in [7, 11) is 0. The average molecular weight is 285 g/mol. The van der Waals surface area contributed by atoms with Crippen LogP contribution in [0.4, 0.5) is 0 Å². The number of aromatic carboxylic acids is 1. The maximum absolute atomic E-state index is 10.6. The van der Waals surface area contributed by atoms with Crippen molar-refractivity contribution in [3.8, 4) is 0 Å². The molecule has 3 rings (SSSR count). The van der Waals surface area contributed by atoms with Gasteiger partial charge < -0.3 is 10.8 Å². The summed E-state index contributed by atoms with van der Waals surface area (Å²) in [6, 6.07) is 19.3. The normalized spacial score (nSPS) is 9.85. The van der Waals surface area contributed by atoms with Crippen molar-refractivity contribution in [2.45, 2.75) is 6.54 Å². The predicted octanol–water partition coefficient (Wildman–Crippen LogP) is 3.74. The maximum atomic E-state index is 10.6. The van der Waals surface area contributed by atoms with E-state index in [1.807, 2.05) is 54.6 Å². The SMILES string of the molecule is NCc1ccccc1.O=C(O)c1cc2ccccc2s1. The van der Waals surface area contributed by atoms with Gasteiger partial charge in [-0.3, -0.25) is 0 Å². The van der Waals surface area contributed by atoms with E-state index in [0.717, 1.165) is 10.1 Å². The molecule has 0 radical (unpaired) electrons. The fraction of sp³-hybridized carbons (Fsp3) is 0.0625. The van der Waals surface area contributed by atoms with E-state index >= 15 is 0 Å². The molecule has 1 aromatic heterocycles. The van der Waals surface area contributed by atoms with Gasteiger partial charge >= 0.3 is 5.97 Å². The minimum Gasteiger partial charge on any atom is -0.477 e. The minimum absolute atomic E-state index is 0.399. The lowest BCUT2D eigenvalue weighted by Crippen LogP contribution is -1.94. The first kappa shape index (κ1) is 14.2. The molecule has 3 aromatic rings. The van der Waals surface area contributed by atoms with Gasteiger partial charge in [0.1, 0.15) is 4.88 Å². The topological polar surface area (TPSA) is 63.3 Å². The Morgan fingerprint density at radius 1 is 1.05 bits per heavy atom. The van der Waals surface area contributed by atoms with Crippen molar-refractivity contribution in [2.75, 3.05) is 0 Å². The summed E-state index contributed by atoms with van der Waals surface area (Å²) in [4.78, 5) is 11.0. The van der Waals surface area contributed by atoms with Gasteiger partial charge in [0.25, 0.3) is 0 Å². The maximum Gasteiger partial charge on any atom is 0.345 e. The van der Waals surface area contributed by atoms with Gasteiger partial charge in [0, 0.05) is 11.2 Å². The second-order valence-corrected chi connectivity index (χ2v) is 5.23. The third kappa shape index (κ3) is 3.66. The van der Waals surface area contributed by atoms with Gasteiger partial charge in [-0.25, -0.2) is 4.79 Å². The highest BCUT2D eigenvalue weighted by Crippen LogP contribution is 2.24. The third-order valence-electron chi connectivity index (χ3n) is 2.71. The molecular weight excluding hydrogens is 270 g/mol. The van der Waals surface area contributed by atoms with E-state index in [1.54, 1.807) is 6.07 Å². The Morgan fingerprint density at radius 3 is 2.25 bits per heavy atom. The molecular formula is C16H15NO2S. The van der Waals surface area contributed by atoms with Crippen LogP contribution in [-0.2, 0) is 6.54 Å². The third-order valence-corrected chi connectivity index (χ3v) is 3.82. The van der Waals surface area contributed by atoms with Crippen LogP contribution in [0.3, 0.4) is 0 Å². The van der Waals surface area contributed by atoms with Crippen LogP contribution in [0.5, 0.6) is 0 Å². The van der Waals surface area contributed by atoms with Gasteiger partial charge in [-0.2, -0.15) is 0 Å². The van der Waals surface area contributed by atoms with E-state index in [1.165, 1.54) is 16.9 Å². The molecule has 0 saturated heterocycles. The number of carbonyl (C=O) groups is 1. The summed E-state index contributed by atoms with van der Waals surface area (Å²) >= 11 is 1.31. The molecule has 0 amide bonds. The molecule has 0 fully saturated rings. The Morgan fingerprint density at radius 2 is 1.70 bits per heavy atom. The molecule has 3 N–H and O–H groups in total. The van der Waals surface area contributed by atoms with Crippen LogP contribution in [-0.4, -0.2) is 11.1 Å². The Balaban J connectivity index is 0.000000160. The van der Waals surface area contributed by atoms with E-state index in [9.17, 15) is 4.79 Å². The summed E-state index contributed by atoms with van der Waals surface area (Å²) in [5.74, 6) is -0.851. The Kier molecular flexibility index (Phi) is 4.87. The van der Waals surface area contributed by atoms with E-state index in [2.05, 4.69) is 0 Å². The standard InChI is InChI=1S/C9H6O2S.C7H9N/c10-9(11)8-5-6-3-1-2-4-7(6)12-8;8-6-7-4-2-1-3-5-7/h1-5H,(H,10,11);1-5H,6,8H2. The average Bonchev–Trinajstić information content (AvgIpc) is 2.93. The molecule has 0 aliphatic rings. The lowest BCUT2D eigenvalue weighted by Gasteiger charge is -1.90. The van der Waals surface area contributed by atoms with Gasteiger partial charge in [-0.1, -0.05) is 48.5 Å². The Bertz CT molecular complexity index is 659. The molecule has 3 nitrogen and oxygen atoms in total. The molecule has 20 heavy (non-hydrogen) atoms. The van der Waals surface area contributed by atoms with Crippen LogP contribution >= 0.6 is 11.3 Å². The first-order valence-electron chi connectivity index (χ1n) is 6.16. The highest BCUT2D eigenvalue weighted by Gasteiger charge is 2.06. The lowest BCUT2D eigenvalue weighted by atomic mass is 10.2. The molecule has 1 heterocycles. The van der Waals surface area contributed by atoms with Crippen LogP contribution < -0.4 is 5.73 Å². The van der Waals surface area contributed by atoms with Crippen molar-refractivity contribution >= 4 is 27.4 Å². The highest BCUT2D eigenvalue weighted by molar-refractivity contribution is 7.20. The first-order chi connectivity index (χ1) is 9.70. The van der Waals surface area contributed by atoms with Crippen LogP contribution in [0.2, 0.25) is 0 Å². The molecule has 0 aliphatic carbocycles. The Labute approximate surface area is 121 Å². The van der Waals surface area contributed by atoms with Crippen molar-refractivity contribution < 1.29 is 9.90 Å². The van der Waals surface area contributed by atoms with E-state index < -0.39 is 5.97 Å². The first-order valence-corrected chi connectivity index (χ1v) is 6.98. The number of carboxylic acids is 1. The number of hydrogen-bond donors (Lipinski definition) is 2. The smallest absolute Gasteiger partial charge is 0.345 e. The fourth-order valence-corrected chi connectivity index (χ4v) is 2.60. The number of benzene rings is 2. The second-order valence-electron chi connectivity index (χ2n) is 4.14. The molecule has 102 valence electrons. The van der Waals surface area contributed by atoms with E-state index in [-0.39, 0.29) is 0 Å². The largest absolute Gasteiger partial charge is 0.477 e. The zero-order valence-electron chi connectivity index (χ0n) is 10.8. The predicted molar refractivity (Wildman–Crippen MR) is 83.1 cm³/mol. The van der Waals surface area contributed by atoms with Crippen molar-refractivity contribution in [1.29, 1.82) is 0 Å². The monoisotopic (exact) mass is 285 g/mol. The molecule has 0 atom stereocenters. The van der Waals surface area contributed by atoms with Crippen molar-refractivity contribution in [1.82, 2.24) is 0 Å². The molecule has 0 unspecified atom stereocenters. The van der Waals surface area contributed by atoms with E-state index in [4.69, 9.17) is 10.8 Å². The number of carboxylic acid groups (broad SMARTS) is 1. The van der Waals surface area contributed by atoms with Gasteiger partial charge in [-0.05, 0) is 23.1 Å². The van der Waals surface area contributed by atoms with Gasteiger partial charge in [0.2, 0.25) is 0 Å². The fourth-order valence-electron chi connectivity index (χ4n) is 1.70. The number of rotatable bonds is 2. The molecule has 2 aromatic carbocycles. The molecule has 4 heteroatoms. The van der Waals surface area contributed by atoms with Crippen LogP contribution in [0, 0.1) is 0 Å². The summed E-state index contributed by atoms with van der Waals surface area (Å²) < 4.78 is 1.02. The highest BCUT2D eigenvalue weighted by atomic mass is 32.1. The lowest BCUT2D eigenvalue weighted by molar-refractivity contribution is 0.0702. The molecule has 0 spiro atoms. The molecule has 0 aliphatic heterocycles. The van der Waals surface area contributed by atoms with E-state index in [0.29, 0.717) is 11.4 Å². The van der Waals surface area contributed by atoms with Crippen LogP contribution in [0.15, 0.2) is 60.7 Å². The summed E-state index contributed by atoms with van der Waals surface area (Å²) in [6.45, 7) is 0.640. The zero-order chi connectivity index (χ0) is 14.4. The summed E-state index contributed by atoms with van der Waals surface area (Å²) in [6.07, 6.45) is 0. The Hall–Kier alpha value is -2.17. The minimum atomic E-state index is -0.851. The van der Waals surface area contributed by atoms with Gasteiger partial charge in [-0.15, -0.1) is 11.3 Å². The van der Waals surface area contributed by atoms with Crippen LogP contribution in [0.1, 0.15) is 15.2 Å².